The van der Waals surface area contributed by atoms with Crippen LogP contribution in [0.3, 0.4) is 0 Å². The normalized spacial score (nSPS) is 14.9. The number of terminal acetylenes is 1. The molecule has 1 saturated heterocycles. The van der Waals surface area contributed by atoms with Crippen molar-refractivity contribution in [2.75, 3.05) is 7.11 Å². The monoisotopic (exact) mass is 403 g/mol. The number of nitrogens with one attached hydrogen (secondary N) is 1. The Hall–Kier alpha value is -4.25. The smallest absolute Gasteiger partial charge is 0.373 e. The van der Waals surface area contributed by atoms with Gasteiger partial charge in [-0.25, -0.2) is 9.59 Å². The van der Waals surface area contributed by atoms with Gasteiger partial charge in [-0.1, -0.05) is 24.1 Å². The summed E-state index contributed by atoms with van der Waals surface area (Å²) in [5.41, 5.74) is 1.84. The van der Waals surface area contributed by atoms with E-state index >= 15 is 0 Å². The third-order valence-corrected chi connectivity index (χ3v) is 4.71. The molecule has 3 heterocycles. The van der Waals surface area contributed by atoms with E-state index in [0.29, 0.717) is 6.54 Å². The summed E-state index contributed by atoms with van der Waals surface area (Å²) in [4.78, 5) is 37.6. The summed E-state index contributed by atoms with van der Waals surface area (Å²) in [5, 5.41) is 3.50. The fraction of sp³-hybridized carbons (Fsp3) is 0.136. The predicted molar refractivity (Wildman–Crippen MR) is 108 cm³/mol. The van der Waals surface area contributed by atoms with Gasteiger partial charge in [-0.15, -0.1) is 6.42 Å². The highest BCUT2D eigenvalue weighted by Gasteiger charge is 2.34. The number of nitrogens with zero attached hydrogens (tertiary/aromatic N) is 2. The molecule has 2 aromatic heterocycles. The van der Waals surface area contributed by atoms with Gasteiger partial charge in [-0.3, -0.25) is 9.69 Å². The summed E-state index contributed by atoms with van der Waals surface area (Å²) in [6.07, 6.45) is 8.91. The lowest BCUT2D eigenvalue weighted by Crippen LogP contribution is -2.30. The number of ether oxygens (including phenoxy) is 1. The largest absolute Gasteiger partial charge is 0.463 e. The summed E-state index contributed by atoms with van der Waals surface area (Å²) in [7, 11) is 1.24. The quantitative estimate of drug-likeness (QED) is 0.306. The van der Waals surface area contributed by atoms with E-state index in [1.165, 1.54) is 19.2 Å². The number of urea groups is 1. The van der Waals surface area contributed by atoms with E-state index in [-0.39, 0.29) is 23.8 Å². The van der Waals surface area contributed by atoms with Crippen LogP contribution in [0.15, 0.2) is 52.7 Å². The molecule has 3 amide bonds. The van der Waals surface area contributed by atoms with E-state index < -0.39 is 17.9 Å². The summed E-state index contributed by atoms with van der Waals surface area (Å²) in [6.45, 7) is 0.273. The number of aromatic nitrogens is 1. The topological polar surface area (TPSA) is 93.8 Å². The molecule has 1 aliphatic rings. The molecule has 4 rings (SSSR count). The molecule has 0 atom stereocenters. The number of carbonyl (C=O) groups is 3. The van der Waals surface area contributed by atoms with Gasteiger partial charge >= 0.3 is 12.0 Å². The van der Waals surface area contributed by atoms with Crippen molar-refractivity contribution in [3.8, 4) is 12.3 Å². The van der Waals surface area contributed by atoms with Crippen LogP contribution in [0, 0.1) is 12.3 Å². The molecule has 8 nitrogen and oxygen atoms in total. The average Bonchev–Trinajstić information content (AvgIpc) is 3.42. The molecule has 0 bridgehead atoms. The fourth-order valence-corrected chi connectivity index (χ4v) is 3.32. The maximum atomic E-state index is 12.8. The van der Waals surface area contributed by atoms with Crippen LogP contribution in [0.2, 0.25) is 0 Å². The maximum Gasteiger partial charge on any atom is 0.373 e. The predicted octanol–water partition coefficient (Wildman–Crippen LogP) is 2.75. The zero-order valence-corrected chi connectivity index (χ0v) is 16.0. The Labute approximate surface area is 171 Å². The molecule has 1 aliphatic heterocycles. The van der Waals surface area contributed by atoms with Gasteiger partial charge in [-0.05, 0) is 24.3 Å². The van der Waals surface area contributed by atoms with Crippen LogP contribution in [0.1, 0.15) is 21.9 Å². The minimum Gasteiger partial charge on any atom is -0.463 e. The van der Waals surface area contributed by atoms with Gasteiger partial charge in [0.1, 0.15) is 11.5 Å². The molecule has 8 heteroatoms. The molecule has 0 spiro atoms. The number of imide groups is 1. The Morgan fingerprint density at radius 1 is 1.27 bits per heavy atom. The third-order valence-electron chi connectivity index (χ3n) is 4.71. The minimum atomic E-state index is -0.637. The highest BCUT2D eigenvalue weighted by molar-refractivity contribution is 6.14. The molecule has 1 N–H and O–H groups in total. The molecule has 1 aromatic carbocycles. The van der Waals surface area contributed by atoms with Gasteiger partial charge in [-0.2, -0.15) is 0 Å². The van der Waals surface area contributed by atoms with Crippen molar-refractivity contribution in [2.45, 2.75) is 13.1 Å². The molecule has 0 unspecified atom stereocenters. The molecular weight excluding hydrogens is 386 g/mol. The first-order valence-corrected chi connectivity index (χ1v) is 9.04. The standard InChI is InChI=1S/C22H17N3O5/c1-3-10-24-12-14(16-6-4-5-7-18(16)24)11-17-20(26)25(22(28)23-17)13-15-8-9-19(30-15)21(27)29-2/h1,4-9,11-12H,10,13H2,2H3,(H,23,28)/b17-11-. The molecular formula is C22H17N3O5. The van der Waals surface area contributed by atoms with Gasteiger partial charge in [0.25, 0.3) is 5.91 Å². The van der Waals surface area contributed by atoms with Crippen LogP contribution < -0.4 is 5.32 Å². The maximum absolute atomic E-state index is 12.8. The van der Waals surface area contributed by atoms with Crippen LogP contribution in [-0.4, -0.2) is 34.5 Å². The van der Waals surface area contributed by atoms with E-state index in [1.54, 1.807) is 6.08 Å². The SMILES string of the molecule is C#CCn1cc(/C=C2\NC(=O)N(Cc3ccc(C(=O)OC)o3)C2=O)c2ccccc21. The van der Waals surface area contributed by atoms with Gasteiger partial charge < -0.3 is 19.0 Å². The Kier molecular flexibility index (Phi) is 4.86. The van der Waals surface area contributed by atoms with Crippen LogP contribution in [0.25, 0.3) is 17.0 Å². The van der Waals surface area contributed by atoms with Crippen LogP contribution in [0.4, 0.5) is 4.79 Å². The summed E-state index contributed by atoms with van der Waals surface area (Å²) < 4.78 is 11.8. The number of rotatable bonds is 5. The minimum absolute atomic E-state index is 0.00311. The number of furan rings is 1. The van der Waals surface area contributed by atoms with Gasteiger partial charge in [0.05, 0.1) is 20.2 Å². The Morgan fingerprint density at radius 2 is 2.07 bits per heavy atom. The van der Waals surface area contributed by atoms with Crippen molar-refractivity contribution in [3.63, 3.8) is 0 Å². The molecule has 0 saturated carbocycles. The van der Waals surface area contributed by atoms with Crippen LogP contribution in [0.5, 0.6) is 0 Å². The first-order valence-electron chi connectivity index (χ1n) is 9.04. The Balaban J connectivity index is 1.61. The number of hydrogen-bond donors (Lipinski definition) is 1. The Bertz CT molecular complexity index is 1240. The first-order chi connectivity index (χ1) is 14.5. The van der Waals surface area contributed by atoms with Gasteiger partial charge in [0.2, 0.25) is 5.76 Å². The van der Waals surface area contributed by atoms with Crippen molar-refractivity contribution in [1.82, 2.24) is 14.8 Å². The second kappa shape index (κ2) is 7.64. The van der Waals surface area contributed by atoms with E-state index in [4.69, 9.17) is 10.8 Å². The Morgan fingerprint density at radius 3 is 2.83 bits per heavy atom. The molecule has 1 fully saturated rings. The van der Waals surface area contributed by atoms with Crippen LogP contribution >= 0.6 is 0 Å². The van der Waals surface area contributed by atoms with Crippen molar-refractivity contribution in [1.29, 1.82) is 0 Å². The molecule has 0 radical (unpaired) electrons. The lowest BCUT2D eigenvalue weighted by atomic mass is 10.1. The van der Waals surface area contributed by atoms with Crippen molar-refractivity contribution >= 4 is 34.9 Å². The van der Waals surface area contributed by atoms with Gasteiger partial charge in [0, 0.05) is 22.7 Å². The van der Waals surface area contributed by atoms with Crippen LogP contribution in [-0.2, 0) is 22.6 Å². The molecule has 3 aromatic rings. The van der Waals surface area contributed by atoms with Crippen molar-refractivity contribution < 1.29 is 23.5 Å². The van der Waals surface area contributed by atoms with Crippen molar-refractivity contribution in [2.24, 2.45) is 0 Å². The summed E-state index contributed by atoms with van der Waals surface area (Å²) in [5.74, 6) is 1.75. The molecule has 30 heavy (non-hydrogen) atoms. The number of para-hydroxylation sites is 1. The van der Waals surface area contributed by atoms with E-state index in [2.05, 4.69) is 16.0 Å². The highest BCUT2D eigenvalue weighted by atomic mass is 16.5. The number of carbonyl (C=O) groups excluding carboxylic acids is 3. The number of methoxy groups -OCH3 is 1. The fourth-order valence-electron chi connectivity index (χ4n) is 3.32. The zero-order chi connectivity index (χ0) is 21.3. The van der Waals surface area contributed by atoms with Gasteiger partial charge in [0.15, 0.2) is 0 Å². The first kappa shape index (κ1) is 19.1. The second-order valence-corrected chi connectivity index (χ2v) is 6.57. The van der Waals surface area contributed by atoms with E-state index in [1.807, 2.05) is 35.0 Å². The molecule has 0 aliphatic carbocycles. The summed E-state index contributed by atoms with van der Waals surface area (Å²) in [6, 6.07) is 10.0. The number of amides is 3. The highest BCUT2D eigenvalue weighted by Crippen LogP contribution is 2.25. The molecule has 150 valence electrons. The van der Waals surface area contributed by atoms with E-state index in [0.717, 1.165) is 21.4 Å². The average molecular weight is 403 g/mol. The van der Waals surface area contributed by atoms with E-state index in [9.17, 15) is 14.4 Å². The zero-order valence-electron chi connectivity index (χ0n) is 16.0. The van der Waals surface area contributed by atoms with Crippen molar-refractivity contribution in [3.05, 3.63) is 65.4 Å². The number of fused-ring (bicyclic) bond motifs is 1. The number of esters is 1. The lowest BCUT2D eigenvalue weighted by Gasteiger charge is -2.09. The third kappa shape index (κ3) is 3.33. The number of hydrogen-bond acceptors (Lipinski definition) is 5. The lowest BCUT2D eigenvalue weighted by molar-refractivity contribution is -0.123. The second-order valence-electron chi connectivity index (χ2n) is 6.57. The summed E-state index contributed by atoms with van der Waals surface area (Å²) >= 11 is 0. The number of benzene rings is 1.